The van der Waals surface area contributed by atoms with Crippen molar-refractivity contribution in [1.82, 2.24) is 5.32 Å². The van der Waals surface area contributed by atoms with Crippen LogP contribution >= 0.6 is 11.3 Å². The summed E-state index contributed by atoms with van der Waals surface area (Å²) in [6.07, 6.45) is 1.06. The highest BCUT2D eigenvalue weighted by atomic mass is 32.1. The van der Waals surface area contributed by atoms with E-state index in [9.17, 15) is 4.79 Å². The van der Waals surface area contributed by atoms with E-state index in [1.807, 2.05) is 6.92 Å². The Labute approximate surface area is 101 Å². The van der Waals surface area contributed by atoms with Crippen molar-refractivity contribution in [3.8, 4) is 0 Å². The lowest BCUT2D eigenvalue weighted by Crippen LogP contribution is -2.26. The fraction of sp³-hybridized carbons (Fsp3) is 0.583. The van der Waals surface area contributed by atoms with Crippen molar-refractivity contribution in [3.05, 3.63) is 21.9 Å². The molecule has 1 unspecified atom stereocenters. The van der Waals surface area contributed by atoms with Gasteiger partial charge in [0, 0.05) is 15.8 Å². The normalized spacial score (nSPS) is 12.4. The smallest absolute Gasteiger partial charge is 0.319 e. The Balaban J connectivity index is 2.40. The van der Waals surface area contributed by atoms with E-state index in [0.29, 0.717) is 6.61 Å². The summed E-state index contributed by atoms with van der Waals surface area (Å²) in [4.78, 5) is 13.8. The summed E-state index contributed by atoms with van der Waals surface area (Å²) in [5.74, 6) is -0.193. The first kappa shape index (κ1) is 13.2. The molecule has 0 bridgehead atoms. The van der Waals surface area contributed by atoms with E-state index < -0.39 is 0 Å². The molecule has 0 amide bonds. The SMILES string of the molecule is CCOC(=O)CNC(C)c1ccc(CC)s1. The van der Waals surface area contributed by atoms with Gasteiger partial charge in [0.25, 0.3) is 0 Å². The molecular weight excluding hydrogens is 222 g/mol. The van der Waals surface area contributed by atoms with Crippen LogP contribution in [0.25, 0.3) is 0 Å². The van der Waals surface area contributed by atoms with Gasteiger partial charge >= 0.3 is 5.97 Å². The molecule has 3 nitrogen and oxygen atoms in total. The zero-order valence-corrected chi connectivity index (χ0v) is 10.9. The van der Waals surface area contributed by atoms with Gasteiger partial charge in [0.05, 0.1) is 13.2 Å². The van der Waals surface area contributed by atoms with E-state index in [4.69, 9.17) is 4.74 Å². The summed E-state index contributed by atoms with van der Waals surface area (Å²) in [5.41, 5.74) is 0. The highest BCUT2D eigenvalue weighted by molar-refractivity contribution is 7.12. The molecule has 1 rings (SSSR count). The molecule has 0 fully saturated rings. The topological polar surface area (TPSA) is 38.3 Å². The molecule has 1 heterocycles. The molecular formula is C12H19NO2S. The minimum absolute atomic E-state index is 0.193. The fourth-order valence-electron chi connectivity index (χ4n) is 1.37. The predicted molar refractivity (Wildman–Crippen MR) is 66.7 cm³/mol. The number of aryl methyl sites for hydroxylation is 1. The van der Waals surface area contributed by atoms with Crippen LogP contribution in [-0.2, 0) is 16.0 Å². The molecule has 0 radical (unpaired) electrons. The number of hydrogen-bond acceptors (Lipinski definition) is 4. The van der Waals surface area contributed by atoms with Crippen molar-refractivity contribution in [2.24, 2.45) is 0 Å². The maximum atomic E-state index is 11.2. The van der Waals surface area contributed by atoms with Gasteiger partial charge in [-0.15, -0.1) is 11.3 Å². The quantitative estimate of drug-likeness (QED) is 0.778. The molecule has 0 spiro atoms. The molecule has 0 saturated carbocycles. The van der Waals surface area contributed by atoms with Gasteiger partial charge in [0.1, 0.15) is 0 Å². The van der Waals surface area contributed by atoms with Crippen LogP contribution in [0.3, 0.4) is 0 Å². The molecule has 16 heavy (non-hydrogen) atoms. The lowest BCUT2D eigenvalue weighted by atomic mass is 10.2. The molecule has 1 atom stereocenters. The summed E-state index contributed by atoms with van der Waals surface area (Å²) >= 11 is 1.79. The third kappa shape index (κ3) is 3.94. The Bertz CT molecular complexity index is 336. The first-order valence-electron chi connectivity index (χ1n) is 5.65. The monoisotopic (exact) mass is 241 g/mol. The molecule has 90 valence electrons. The summed E-state index contributed by atoms with van der Waals surface area (Å²) in [5, 5.41) is 3.16. The molecule has 0 aromatic carbocycles. The zero-order chi connectivity index (χ0) is 12.0. The molecule has 0 aliphatic heterocycles. The molecule has 1 aromatic rings. The van der Waals surface area contributed by atoms with E-state index >= 15 is 0 Å². The summed E-state index contributed by atoms with van der Waals surface area (Å²) in [6.45, 7) is 6.73. The van der Waals surface area contributed by atoms with Gasteiger partial charge in [-0.25, -0.2) is 0 Å². The average Bonchev–Trinajstić information content (AvgIpc) is 2.75. The minimum atomic E-state index is -0.193. The molecule has 0 aliphatic rings. The van der Waals surface area contributed by atoms with Crippen LogP contribution in [0.5, 0.6) is 0 Å². The van der Waals surface area contributed by atoms with Crippen LogP contribution in [0.2, 0.25) is 0 Å². The van der Waals surface area contributed by atoms with Crippen molar-refractivity contribution >= 4 is 17.3 Å². The van der Waals surface area contributed by atoms with Gasteiger partial charge < -0.3 is 4.74 Å². The standard InChI is InChI=1S/C12H19NO2S/c1-4-10-6-7-11(16-10)9(3)13-8-12(14)15-5-2/h6-7,9,13H,4-5,8H2,1-3H3. The number of carbonyl (C=O) groups excluding carboxylic acids is 1. The number of ether oxygens (including phenoxy) is 1. The van der Waals surface area contributed by atoms with Crippen LogP contribution in [0.4, 0.5) is 0 Å². The van der Waals surface area contributed by atoms with Crippen molar-refractivity contribution in [3.63, 3.8) is 0 Å². The Morgan fingerprint density at radius 2 is 2.25 bits per heavy atom. The lowest BCUT2D eigenvalue weighted by Gasteiger charge is -2.11. The van der Waals surface area contributed by atoms with Gasteiger partial charge in [-0.05, 0) is 32.4 Å². The van der Waals surface area contributed by atoms with Gasteiger partial charge in [0.2, 0.25) is 0 Å². The number of rotatable bonds is 6. The summed E-state index contributed by atoms with van der Waals surface area (Å²) < 4.78 is 4.86. The first-order chi connectivity index (χ1) is 7.67. The Morgan fingerprint density at radius 1 is 1.50 bits per heavy atom. The van der Waals surface area contributed by atoms with Crippen LogP contribution in [-0.4, -0.2) is 19.1 Å². The second-order valence-corrected chi connectivity index (χ2v) is 4.77. The third-order valence-corrected chi connectivity index (χ3v) is 3.73. The van der Waals surface area contributed by atoms with Gasteiger partial charge in [-0.3, -0.25) is 10.1 Å². The number of thiophene rings is 1. The van der Waals surface area contributed by atoms with E-state index in [1.165, 1.54) is 9.75 Å². The predicted octanol–water partition coefficient (Wildman–Crippen LogP) is 2.52. The van der Waals surface area contributed by atoms with E-state index in [0.717, 1.165) is 6.42 Å². The molecule has 4 heteroatoms. The molecule has 0 aliphatic carbocycles. The second kappa shape index (κ2) is 6.66. The zero-order valence-electron chi connectivity index (χ0n) is 10.1. The van der Waals surface area contributed by atoms with Crippen molar-refractivity contribution in [2.45, 2.75) is 33.2 Å². The van der Waals surface area contributed by atoms with E-state index in [-0.39, 0.29) is 18.6 Å². The van der Waals surface area contributed by atoms with Gasteiger partial charge in [0.15, 0.2) is 0 Å². The minimum Gasteiger partial charge on any atom is -0.465 e. The average molecular weight is 241 g/mol. The van der Waals surface area contributed by atoms with E-state index in [1.54, 1.807) is 11.3 Å². The van der Waals surface area contributed by atoms with Crippen LogP contribution in [0.1, 0.15) is 36.6 Å². The third-order valence-electron chi connectivity index (χ3n) is 2.32. The Kier molecular flexibility index (Phi) is 5.49. The summed E-state index contributed by atoms with van der Waals surface area (Å²) in [6, 6.07) is 4.46. The first-order valence-corrected chi connectivity index (χ1v) is 6.46. The van der Waals surface area contributed by atoms with Gasteiger partial charge in [-0.1, -0.05) is 6.92 Å². The summed E-state index contributed by atoms with van der Waals surface area (Å²) in [7, 11) is 0. The molecule has 1 aromatic heterocycles. The van der Waals surface area contributed by atoms with Crippen LogP contribution in [0.15, 0.2) is 12.1 Å². The highest BCUT2D eigenvalue weighted by Crippen LogP contribution is 2.23. The maximum absolute atomic E-state index is 11.2. The van der Waals surface area contributed by atoms with E-state index in [2.05, 4.69) is 31.3 Å². The lowest BCUT2D eigenvalue weighted by molar-refractivity contribution is -0.142. The van der Waals surface area contributed by atoms with Crippen molar-refractivity contribution < 1.29 is 9.53 Å². The Hall–Kier alpha value is -0.870. The second-order valence-electron chi connectivity index (χ2n) is 3.57. The number of esters is 1. The van der Waals surface area contributed by atoms with Crippen molar-refractivity contribution in [1.29, 1.82) is 0 Å². The van der Waals surface area contributed by atoms with Crippen molar-refractivity contribution in [2.75, 3.05) is 13.2 Å². The van der Waals surface area contributed by atoms with Gasteiger partial charge in [-0.2, -0.15) is 0 Å². The largest absolute Gasteiger partial charge is 0.465 e. The Morgan fingerprint density at radius 3 is 2.81 bits per heavy atom. The number of nitrogens with one attached hydrogen (secondary N) is 1. The molecule has 1 N–H and O–H groups in total. The molecule has 0 saturated heterocycles. The fourth-order valence-corrected chi connectivity index (χ4v) is 2.35. The van der Waals surface area contributed by atoms with Crippen LogP contribution < -0.4 is 5.32 Å². The van der Waals surface area contributed by atoms with Crippen LogP contribution in [0, 0.1) is 0 Å². The highest BCUT2D eigenvalue weighted by Gasteiger charge is 2.09. The number of hydrogen-bond donors (Lipinski definition) is 1. The maximum Gasteiger partial charge on any atom is 0.319 e. The number of carbonyl (C=O) groups is 1.